The van der Waals surface area contributed by atoms with Gasteiger partial charge >= 0.3 is 6.03 Å². The smallest absolute Gasteiger partial charge is 0.314 e. The van der Waals surface area contributed by atoms with Gasteiger partial charge in [-0.05, 0) is 19.1 Å². The molecule has 2 amide bonds. The normalized spacial score (nSPS) is 21.8. The van der Waals surface area contributed by atoms with Crippen molar-refractivity contribution >= 4 is 6.03 Å². The van der Waals surface area contributed by atoms with Gasteiger partial charge in [0.2, 0.25) is 0 Å². The number of fused-ring (bicyclic) bond motifs is 1. The second kappa shape index (κ2) is 8.21. The molecule has 3 rings (SSSR count). The van der Waals surface area contributed by atoms with Gasteiger partial charge in [-0.2, -0.15) is 0 Å². The van der Waals surface area contributed by atoms with Gasteiger partial charge in [-0.1, -0.05) is 12.1 Å². The van der Waals surface area contributed by atoms with E-state index in [2.05, 4.69) is 22.5 Å². The van der Waals surface area contributed by atoms with Crippen LogP contribution in [-0.2, 0) is 4.74 Å². The van der Waals surface area contributed by atoms with E-state index < -0.39 is 0 Å². The average Bonchev–Trinajstić information content (AvgIpc) is 2.65. The molecule has 0 bridgehead atoms. The molecule has 7 heteroatoms. The molecule has 0 saturated carbocycles. The molecule has 24 heavy (non-hydrogen) atoms. The van der Waals surface area contributed by atoms with Crippen LogP contribution >= 0.6 is 0 Å². The van der Waals surface area contributed by atoms with Crippen LogP contribution < -0.4 is 20.1 Å². The van der Waals surface area contributed by atoms with Crippen LogP contribution in [-0.4, -0.2) is 69.1 Å². The van der Waals surface area contributed by atoms with Crippen LogP contribution in [0.5, 0.6) is 11.5 Å². The van der Waals surface area contributed by atoms with Gasteiger partial charge in [-0.15, -0.1) is 0 Å². The van der Waals surface area contributed by atoms with Gasteiger partial charge in [-0.3, -0.25) is 4.90 Å². The number of nitrogens with one attached hydrogen (secondary N) is 2. The van der Waals surface area contributed by atoms with Gasteiger partial charge in [0, 0.05) is 25.7 Å². The number of amides is 2. The van der Waals surface area contributed by atoms with Gasteiger partial charge in [0.1, 0.15) is 6.61 Å². The highest BCUT2D eigenvalue weighted by Gasteiger charge is 2.21. The van der Waals surface area contributed by atoms with E-state index in [-0.39, 0.29) is 12.1 Å². The molecule has 1 fully saturated rings. The number of benzene rings is 1. The summed E-state index contributed by atoms with van der Waals surface area (Å²) >= 11 is 0. The third-order valence-corrected chi connectivity index (χ3v) is 4.28. The summed E-state index contributed by atoms with van der Waals surface area (Å²) in [6.45, 7) is 6.91. The zero-order valence-corrected chi connectivity index (χ0v) is 14.0. The van der Waals surface area contributed by atoms with E-state index in [4.69, 9.17) is 14.2 Å². The van der Waals surface area contributed by atoms with Crippen LogP contribution in [0.15, 0.2) is 24.3 Å². The van der Waals surface area contributed by atoms with E-state index in [1.807, 2.05) is 24.3 Å². The Morgan fingerprint density at radius 2 is 2.00 bits per heavy atom. The first-order chi connectivity index (χ1) is 11.7. The Labute approximate surface area is 142 Å². The Hall–Kier alpha value is -1.99. The minimum absolute atomic E-state index is 0.178. The van der Waals surface area contributed by atoms with E-state index in [9.17, 15) is 4.79 Å². The molecule has 2 heterocycles. The second-order valence-corrected chi connectivity index (χ2v) is 6.09. The molecule has 1 aromatic rings. The third-order valence-electron chi connectivity index (χ3n) is 4.28. The van der Waals surface area contributed by atoms with Crippen LogP contribution in [0.1, 0.15) is 6.92 Å². The average molecular weight is 335 g/mol. The summed E-state index contributed by atoms with van der Waals surface area (Å²) in [5.74, 6) is 1.47. The number of hydrogen-bond donors (Lipinski definition) is 2. The van der Waals surface area contributed by atoms with Crippen LogP contribution in [0.25, 0.3) is 0 Å². The number of carbonyl (C=O) groups is 1. The highest BCUT2D eigenvalue weighted by atomic mass is 16.6. The van der Waals surface area contributed by atoms with Gasteiger partial charge in [0.25, 0.3) is 0 Å². The maximum atomic E-state index is 12.0. The van der Waals surface area contributed by atoms with Crippen LogP contribution in [0.3, 0.4) is 0 Å². The number of nitrogens with zero attached hydrogens (tertiary/aromatic N) is 1. The molecule has 132 valence electrons. The Bertz CT molecular complexity index is 548. The summed E-state index contributed by atoms with van der Waals surface area (Å²) in [5, 5.41) is 5.75. The van der Waals surface area contributed by atoms with E-state index in [1.54, 1.807) is 0 Å². The predicted octanol–water partition coefficient (Wildman–Crippen LogP) is 0.846. The van der Waals surface area contributed by atoms with Crippen molar-refractivity contribution in [2.45, 2.75) is 19.1 Å². The molecule has 0 spiro atoms. The number of ether oxygens (including phenoxy) is 3. The molecule has 1 aromatic carbocycles. The van der Waals surface area contributed by atoms with Gasteiger partial charge in [0.05, 0.1) is 19.8 Å². The molecule has 0 aliphatic carbocycles. The van der Waals surface area contributed by atoms with E-state index >= 15 is 0 Å². The molecule has 2 aliphatic rings. The number of morpholine rings is 1. The van der Waals surface area contributed by atoms with Crippen molar-refractivity contribution in [3.05, 3.63) is 24.3 Å². The fourth-order valence-electron chi connectivity index (χ4n) is 2.82. The Morgan fingerprint density at radius 1 is 1.25 bits per heavy atom. The van der Waals surface area contributed by atoms with Crippen molar-refractivity contribution in [2.24, 2.45) is 0 Å². The molecule has 0 radical (unpaired) electrons. The summed E-state index contributed by atoms with van der Waals surface area (Å²) < 4.78 is 16.8. The monoisotopic (exact) mass is 335 g/mol. The minimum Gasteiger partial charge on any atom is -0.486 e. The summed E-state index contributed by atoms with van der Waals surface area (Å²) in [6, 6.07) is 7.66. The number of carbonyl (C=O) groups excluding carboxylic acids is 1. The molecule has 7 nitrogen and oxygen atoms in total. The quantitative estimate of drug-likeness (QED) is 0.835. The van der Waals surface area contributed by atoms with Crippen molar-refractivity contribution in [1.29, 1.82) is 0 Å². The van der Waals surface area contributed by atoms with Gasteiger partial charge in [0.15, 0.2) is 17.6 Å². The summed E-state index contributed by atoms with van der Waals surface area (Å²) in [6.07, 6.45) is -0.178. The fourth-order valence-corrected chi connectivity index (χ4v) is 2.82. The first-order valence-corrected chi connectivity index (χ1v) is 8.44. The summed E-state index contributed by atoms with van der Waals surface area (Å²) in [5.41, 5.74) is 0. The minimum atomic E-state index is -0.183. The van der Waals surface area contributed by atoms with Crippen molar-refractivity contribution in [3.63, 3.8) is 0 Å². The van der Waals surface area contributed by atoms with Crippen LogP contribution in [0.2, 0.25) is 0 Å². The molecule has 0 aromatic heterocycles. The number of rotatable bonds is 5. The van der Waals surface area contributed by atoms with Gasteiger partial charge < -0.3 is 24.8 Å². The first kappa shape index (κ1) is 16.9. The standard InChI is InChI=1S/C17H25N3O4/c1-13(20-6-8-22-9-7-20)10-18-17(21)19-11-14-12-23-15-4-2-3-5-16(15)24-14/h2-5,13-14H,6-12H2,1H3,(H2,18,19,21)/t13-,14-/m1/s1. The predicted molar refractivity (Wildman–Crippen MR) is 89.6 cm³/mol. The van der Waals surface area contributed by atoms with Crippen molar-refractivity contribution < 1.29 is 19.0 Å². The lowest BCUT2D eigenvalue weighted by Crippen LogP contribution is -2.50. The third kappa shape index (κ3) is 4.52. The Morgan fingerprint density at radius 3 is 2.79 bits per heavy atom. The summed E-state index contributed by atoms with van der Waals surface area (Å²) in [4.78, 5) is 14.3. The zero-order chi connectivity index (χ0) is 16.8. The lowest BCUT2D eigenvalue weighted by Gasteiger charge is -2.32. The fraction of sp³-hybridized carbons (Fsp3) is 0.588. The zero-order valence-electron chi connectivity index (χ0n) is 14.0. The van der Waals surface area contributed by atoms with Crippen LogP contribution in [0.4, 0.5) is 4.79 Å². The maximum absolute atomic E-state index is 12.0. The van der Waals surface area contributed by atoms with E-state index in [0.717, 1.165) is 37.8 Å². The molecule has 2 aliphatic heterocycles. The lowest BCUT2D eigenvalue weighted by molar-refractivity contribution is 0.0208. The van der Waals surface area contributed by atoms with Crippen molar-refractivity contribution in [3.8, 4) is 11.5 Å². The molecule has 0 unspecified atom stereocenters. The second-order valence-electron chi connectivity index (χ2n) is 6.09. The number of para-hydroxylation sites is 2. The molecule has 2 N–H and O–H groups in total. The molecule has 1 saturated heterocycles. The number of hydrogen-bond acceptors (Lipinski definition) is 5. The van der Waals surface area contributed by atoms with Crippen molar-refractivity contribution in [2.75, 3.05) is 46.0 Å². The molecular weight excluding hydrogens is 310 g/mol. The number of urea groups is 1. The Kier molecular flexibility index (Phi) is 5.77. The summed E-state index contributed by atoms with van der Waals surface area (Å²) in [7, 11) is 0. The van der Waals surface area contributed by atoms with Crippen molar-refractivity contribution in [1.82, 2.24) is 15.5 Å². The highest BCUT2D eigenvalue weighted by molar-refractivity contribution is 5.73. The molecule has 2 atom stereocenters. The highest BCUT2D eigenvalue weighted by Crippen LogP contribution is 2.30. The SMILES string of the molecule is C[C@H](CNC(=O)NC[C@@H]1COc2ccccc2O1)N1CCOCC1. The molecular formula is C17H25N3O4. The maximum Gasteiger partial charge on any atom is 0.314 e. The first-order valence-electron chi connectivity index (χ1n) is 8.44. The van der Waals surface area contributed by atoms with Crippen LogP contribution in [0, 0.1) is 0 Å². The topological polar surface area (TPSA) is 72.1 Å². The van der Waals surface area contributed by atoms with Gasteiger partial charge in [-0.25, -0.2) is 4.79 Å². The van der Waals surface area contributed by atoms with E-state index in [0.29, 0.717) is 25.7 Å². The van der Waals surface area contributed by atoms with E-state index in [1.165, 1.54) is 0 Å². The largest absolute Gasteiger partial charge is 0.486 e. The Balaban J connectivity index is 1.35. The lowest BCUT2D eigenvalue weighted by atomic mass is 10.2.